The maximum Gasteiger partial charge on any atom is 0.410 e. The molecule has 15 heteroatoms. The topological polar surface area (TPSA) is 161 Å². The molecule has 2 fully saturated rings. The van der Waals surface area contributed by atoms with E-state index in [1.54, 1.807) is 37.1 Å². The van der Waals surface area contributed by atoms with E-state index in [9.17, 15) is 24.3 Å². The summed E-state index contributed by atoms with van der Waals surface area (Å²) < 4.78 is 11.3. The largest absolute Gasteiger partial charge is 0.436 e. The van der Waals surface area contributed by atoms with E-state index in [1.165, 1.54) is 22.5 Å². The minimum absolute atomic E-state index is 0. The second kappa shape index (κ2) is 23.2. The molecule has 0 unspecified atom stereocenters. The van der Waals surface area contributed by atoms with Gasteiger partial charge in [0.1, 0.15) is 6.04 Å². The summed E-state index contributed by atoms with van der Waals surface area (Å²) in [5.41, 5.74) is 1.44. The molecule has 2 heterocycles. The van der Waals surface area contributed by atoms with Gasteiger partial charge in [0.05, 0.1) is 31.7 Å². The van der Waals surface area contributed by atoms with Gasteiger partial charge in [0.15, 0.2) is 6.10 Å². The molecule has 55 heavy (non-hydrogen) atoms. The molecule has 1 saturated heterocycles. The predicted molar refractivity (Wildman–Crippen MR) is 213 cm³/mol. The van der Waals surface area contributed by atoms with Gasteiger partial charge in [-0.1, -0.05) is 76.3 Å². The molecule has 2 aromatic rings. The summed E-state index contributed by atoms with van der Waals surface area (Å²) in [5, 5.41) is 14.6. The fourth-order valence-electron chi connectivity index (χ4n) is 7.17. The molecule has 0 spiro atoms. The van der Waals surface area contributed by atoms with Crippen molar-refractivity contribution in [3.8, 4) is 0 Å². The summed E-state index contributed by atoms with van der Waals surface area (Å²) in [6.07, 6.45) is 8.39. The van der Waals surface area contributed by atoms with Crippen molar-refractivity contribution in [2.75, 3.05) is 60.5 Å². The van der Waals surface area contributed by atoms with Crippen LogP contribution in [0.15, 0.2) is 42.9 Å². The van der Waals surface area contributed by atoms with Crippen LogP contribution in [0, 0.1) is 11.8 Å². The minimum Gasteiger partial charge on any atom is -0.436 e. The number of aromatic amines is 1. The number of morpholine rings is 1. The lowest BCUT2D eigenvalue weighted by Crippen LogP contribution is -2.56. The lowest BCUT2D eigenvalue weighted by Gasteiger charge is -2.34. The second-order valence-electron chi connectivity index (χ2n) is 15.4. The number of imidazole rings is 1. The van der Waals surface area contributed by atoms with Crippen LogP contribution in [-0.4, -0.2) is 143 Å². The van der Waals surface area contributed by atoms with E-state index in [0.29, 0.717) is 56.7 Å². The normalized spacial score (nSPS) is 17.0. The monoisotopic (exact) mass is 789 g/mol. The molecule has 0 radical (unpaired) electrons. The summed E-state index contributed by atoms with van der Waals surface area (Å²) in [6, 6.07) is 7.67. The van der Waals surface area contributed by atoms with Gasteiger partial charge in [-0.2, -0.15) is 0 Å². The highest BCUT2D eigenvalue weighted by molar-refractivity contribution is 5.90. The lowest BCUT2D eigenvalue weighted by atomic mass is 9.83. The van der Waals surface area contributed by atoms with Crippen molar-refractivity contribution in [2.45, 2.75) is 102 Å². The lowest BCUT2D eigenvalue weighted by molar-refractivity contribution is -0.146. The number of carbonyl (C=O) groups excluding carboxylic acids is 4. The Morgan fingerprint density at radius 2 is 1.65 bits per heavy atom. The van der Waals surface area contributed by atoms with E-state index in [-0.39, 0.29) is 50.3 Å². The smallest absolute Gasteiger partial charge is 0.410 e. The number of hydrogen-bond acceptors (Lipinski definition) is 8. The van der Waals surface area contributed by atoms with Crippen LogP contribution in [-0.2, 0) is 31.9 Å². The number of nitrogens with zero attached hydrogens (tertiary/aromatic N) is 5. The van der Waals surface area contributed by atoms with Crippen molar-refractivity contribution in [1.82, 2.24) is 34.9 Å². The van der Waals surface area contributed by atoms with E-state index in [0.717, 1.165) is 37.7 Å². The predicted octanol–water partition coefficient (Wildman–Crippen LogP) is 4.52. The first-order valence-electron chi connectivity index (χ1n) is 19.7. The number of H-pyrrole nitrogens is 1. The SMILES string of the molecule is CC(C)CC[C@H](O)[C@H](CC1CCCCC1)NC(=O)[C@H](Cc1cnc[nH]1)N(C)C(=O)[C@H](Cc1ccccc1)OC(=O)N(C)CCN(C)C(=O)N1CCOCC1.Cl. The molecular weight excluding hydrogens is 726 g/mol. The molecule has 0 bridgehead atoms. The summed E-state index contributed by atoms with van der Waals surface area (Å²) in [5.74, 6) is -0.111. The minimum atomic E-state index is -1.24. The van der Waals surface area contributed by atoms with Gasteiger partial charge in [-0.3, -0.25) is 9.59 Å². The molecule has 4 atom stereocenters. The first kappa shape index (κ1) is 45.5. The van der Waals surface area contributed by atoms with Gasteiger partial charge in [0.2, 0.25) is 5.91 Å². The zero-order chi connectivity index (χ0) is 39.0. The summed E-state index contributed by atoms with van der Waals surface area (Å²) in [6.45, 7) is 6.67. The van der Waals surface area contributed by atoms with Gasteiger partial charge in [-0.05, 0) is 36.7 Å². The number of urea groups is 1. The molecular formula is C40H64ClN7O7. The van der Waals surface area contributed by atoms with Crippen molar-refractivity contribution >= 4 is 36.3 Å². The van der Waals surface area contributed by atoms with Crippen LogP contribution in [0.25, 0.3) is 0 Å². The molecule has 1 aromatic carbocycles. The van der Waals surface area contributed by atoms with E-state index < -0.39 is 36.3 Å². The van der Waals surface area contributed by atoms with Crippen molar-refractivity contribution in [2.24, 2.45) is 11.8 Å². The highest BCUT2D eigenvalue weighted by Gasteiger charge is 2.37. The van der Waals surface area contributed by atoms with E-state index in [2.05, 4.69) is 29.1 Å². The van der Waals surface area contributed by atoms with Crippen LogP contribution in [0.3, 0.4) is 0 Å². The Balaban J connectivity index is 0.00000812. The zero-order valence-electron chi connectivity index (χ0n) is 33.4. The molecule has 4 rings (SSSR count). The molecule has 308 valence electrons. The Morgan fingerprint density at radius 3 is 2.29 bits per heavy atom. The van der Waals surface area contributed by atoms with Crippen molar-refractivity contribution in [3.63, 3.8) is 0 Å². The fraction of sp³-hybridized carbons (Fsp3) is 0.675. The first-order chi connectivity index (χ1) is 25.9. The van der Waals surface area contributed by atoms with Crippen LogP contribution >= 0.6 is 12.4 Å². The number of carbonyl (C=O) groups is 4. The van der Waals surface area contributed by atoms with E-state index >= 15 is 0 Å². The number of amides is 5. The molecule has 1 aliphatic carbocycles. The number of halogens is 1. The van der Waals surface area contributed by atoms with Gasteiger partial charge < -0.3 is 44.5 Å². The molecule has 1 aliphatic heterocycles. The fourth-order valence-corrected chi connectivity index (χ4v) is 7.17. The standard InChI is InChI=1S/C40H63N7O7.ClH/c1-29(2)16-17-35(48)33(24-30-12-8-6-9-13-30)43-37(49)34(26-32-27-41-28-42-32)46(5)38(50)36(25-31-14-10-7-11-15-31)54-40(52)45(4)19-18-44(3)39(51)47-20-22-53-23-21-47;/h7,10-11,14-15,27-30,33-36,48H,6,8-9,12-13,16-26H2,1-5H3,(H,41,42)(H,43,49);1H/t33-,34-,35-,36-;/m0./s1. The molecule has 2 aliphatic rings. The van der Waals surface area contributed by atoms with Crippen LogP contribution < -0.4 is 5.32 Å². The number of ether oxygens (including phenoxy) is 2. The maximum atomic E-state index is 14.4. The van der Waals surface area contributed by atoms with Gasteiger partial charge in [-0.25, -0.2) is 14.6 Å². The Labute approximate surface area is 333 Å². The molecule has 3 N–H and O–H groups in total. The first-order valence-corrected chi connectivity index (χ1v) is 19.7. The number of aromatic nitrogens is 2. The number of benzene rings is 1. The molecule has 5 amide bonds. The Morgan fingerprint density at radius 1 is 0.982 bits per heavy atom. The van der Waals surface area contributed by atoms with Gasteiger partial charge in [-0.15, -0.1) is 12.4 Å². The third kappa shape index (κ3) is 14.6. The molecule has 14 nitrogen and oxygen atoms in total. The highest BCUT2D eigenvalue weighted by atomic mass is 35.5. The second-order valence-corrected chi connectivity index (χ2v) is 15.4. The van der Waals surface area contributed by atoms with Crippen LogP contribution in [0.2, 0.25) is 0 Å². The van der Waals surface area contributed by atoms with Gasteiger partial charge in [0, 0.05) is 72.1 Å². The van der Waals surface area contributed by atoms with Crippen LogP contribution in [0.1, 0.15) is 76.5 Å². The number of hydrogen-bond donors (Lipinski definition) is 3. The maximum absolute atomic E-state index is 14.4. The number of aliphatic hydroxyl groups excluding tert-OH is 1. The summed E-state index contributed by atoms with van der Waals surface area (Å²) in [4.78, 5) is 68.3. The average molecular weight is 790 g/mol. The molecule has 1 aromatic heterocycles. The molecule has 1 saturated carbocycles. The Hall–Kier alpha value is -3.88. The zero-order valence-corrected chi connectivity index (χ0v) is 34.2. The van der Waals surface area contributed by atoms with Crippen molar-refractivity contribution in [3.05, 3.63) is 54.1 Å². The van der Waals surface area contributed by atoms with Crippen LogP contribution in [0.4, 0.5) is 9.59 Å². The van der Waals surface area contributed by atoms with E-state index in [1.807, 2.05) is 30.3 Å². The number of nitrogens with one attached hydrogen (secondary N) is 2. The number of rotatable bonds is 18. The van der Waals surface area contributed by atoms with Gasteiger partial charge >= 0.3 is 12.1 Å². The third-order valence-electron chi connectivity index (χ3n) is 10.7. The Kier molecular flexibility index (Phi) is 19.2. The summed E-state index contributed by atoms with van der Waals surface area (Å²) in [7, 11) is 4.80. The van der Waals surface area contributed by atoms with E-state index in [4.69, 9.17) is 9.47 Å². The number of likely N-dealkylation sites (N-methyl/N-ethyl adjacent to an activating group) is 3. The van der Waals surface area contributed by atoms with Crippen molar-refractivity contribution in [1.29, 1.82) is 0 Å². The highest BCUT2D eigenvalue weighted by Crippen LogP contribution is 2.29. The third-order valence-corrected chi connectivity index (χ3v) is 10.7. The quantitative estimate of drug-likeness (QED) is 0.199. The number of aliphatic hydroxyl groups is 1. The summed E-state index contributed by atoms with van der Waals surface area (Å²) >= 11 is 0. The van der Waals surface area contributed by atoms with Crippen molar-refractivity contribution < 1.29 is 33.8 Å². The van der Waals surface area contributed by atoms with Crippen LogP contribution in [0.5, 0.6) is 0 Å². The van der Waals surface area contributed by atoms with Gasteiger partial charge in [0.25, 0.3) is 5.91 Å². The average Bonchev–Trinajstić information content (AvgIpc) is 3.71. The Bertz CT molecular complexity index is 1440.